The molecule has 0 radical (unpaired) electrons. The molecule has 0 amide bonds. The number of nitrogens with zero attached hydrogens (tertiary/aromatic N) is 4. The van der Waals surface area contributed by atoms with Gasteiger partial charge in [-0.05, 0) is 48.5 Å². The van der Waals surface area contributed by atoms with Gasteiger partial charge in [0, 0.05) is 33.7 Å². The largest absolute Gasteiger partial charge is 0.506 e. The third kappa shape index (κ3) is 3.81. The van der Waals surface area contributed by atoms with Crippen molar-refractivity contribution in [3.63, 3.8) is 0 Å². The normalized spacial score (nSPS) is 14.3. The van der Waals surface area contributed by atoms with E-state index in [1.54, 1.807) is 12.1 Å². The number of phenolic OH excluding ortho intramolecular Hbond substituents is 2. The highest BCUT2D eigenvalue weighted by atomic mass is 16.3. The molecule has 0 saturated heterocycles. The lowest BCUT2D eigenvalue weighted by atomic mass is 10.1. The highest BCUT2D eigenvalue weighted by Crippen LogP contribution is 2.49. The second kappa shape index (κ2) is 9.61. The van der Waals surface area contributed by atoms with E-state index >= 15 is 0 Å². The van der Waals surface area contributed by atoms with Gasteiger partial charge in [0.2, 0.25) is 0 Å². The Labute approximate surface area is 269 Å². The molecule has 8 aromatic rings. The maximum Gasteiger partial charge on any atom is 0.143 e. The molecular formula is C39H28N4O4. The van der Waals surface area contributed by atoms with Gasteiger partial charge in [-0.3, -0.25) is 0 Å². The molecule has 4 heterocycles. The monoisotopic (exact) mass is 616 g/mol. The van der Waals surface area contributed by atoms with Crippen molar-refractivity contribution in [3.8, 4) is 11.5 Å². The molecule has 228 valence electrons. The highest BCUT2D eigenvalue weighted by molar-refractivity contribution is 6.08. The second-order valence-corrected chi connectivity index (χ2v) is 12.2. The van der Waals surface area contributed by atoms with Crippen molar-refractivity contribution in [2.45, 2.75) is 0 Å². The van der Waals surface area contributed by atoms with Crippen LogP contribution in [0.3, 0.4) is 0 Å². The Morgan fingerprint density at radius 2 is 0.830 bits per heavy atom. The summed E-state index contributed by atoms with van der Waals surface area (Å²) in [5, 5.41) is 26.5. The molecule has 0 atom stereocenters. The standard InChI is InChI=1S/C39H28N4O4/c44-34-19-38-26(24-9-1-7-15-36(24)46-38)17-32(34)42-22-40(28-11-3-5-13-30(28)42)21-41-23-43(31-14-6-4-12-29(31)41)33-18-27-25-10-2-8-16-37(25)47-39(27)20-35(33)45/h1-20,44-45H,21-23H2. The van der Waals surface area contributed by atoms with E-state index in [0.29, 0.717) is 31.2 Å². The van der Waals surface area contributed by atoms with Crippen molar-refractivity contribution < 1.29 is 19.0 Å². The van der Waals surface area contributed by atoms with Crippen LogP contribution in [0.4, 0.5) is 34.1 Å². The third-order valence-corrected chi connectivity index (χ3v) is 9.52. The minimum Gasteiger partial charge on any atom is -0.506 e. The maximum absolute atomic E-state index is 11.3. The summed E-state index contributed by atoms with van der Waals surface area (Å²) in [6.07, 6.45) is 0. The first-order chi connectivity index (χ1) is 23.1. The van der Waals surface area contributed by atoms with E-state index in [1.807, 2.05) is 72.8 Å². The molecule has 2 aliphatic heterocycles. The van der Waals surface area contributed by atoms with E-state index in [9.17, 15) is 10.2 Å². The number of anilines is 6. The number of phenols is 2. The van der Waals surface area contributed by atoms with Crippen LogP contribution in [-0.4, -0.2) is 30.2 Å². The van der Waals surface area contributed by atoms with Gasteiger partial charge in [0.1, 0.15) is 33.8 Å². The fourth-order valence-corrected chi connectivity index (χ4v) is 7.36. The SMILES string of the molecule is Oc1cc2oc3ccccc3c2cc1N1CN(CN2CN(c3cc4c(cc3O)oc3ccccc34)c3ccccc32)c2ccccc21. The average molecular weight is 617 g/mol. The Balaban J connectivity index is 1.01. The minimum atomic E-state index is 0.170. The van der Waals surface area contributed by atoms with Crippen LogP contribution in [0.5, 0.6) is 11.5 Å². The maximum atomic E-state index is 11.3. The van der Waals surface area contributed by atoms with Crippen molar-refractivity contribution in [3.05, 3.63) is 121 Å². The van der Waals surface area contributed by atoms with E-state index in [-0.39, 0.29) is 11.5 Å². The first kappa shape index (κ1) is 26.0. The molecule has 0 aliphatic carbocycles. The first-order valence-electron chi connectivity index (χ1n) is 15.6. The Bertz CT molecular complexity index is 2360. The molecule has 0 unspecified atom stereocenters. The van der Waals surface area contributed by atoms with Crippen molar-refractivity contribution in [1.29, 1.82) is 0 Å². The van der Waals surface area contributed by atoms with Crippen molar-refractivity contribution >= 4 is 78.0 Å². The fourth-order valence-electron chi connectivity index (χ4n) is 7.36. The van der Waals surface area contributed by atoms with E-state index < -0.39 is 0 Å². The summed E-state index contributed by atoms with van der Waals surface area (Å²) in [6, 6.07) is 40.0. The van der Waals surface area contributed by atoms with Gasteiger partial charge in [0.05, 0.1) is 54.1 Å². The minimum absolute atomic E-state index is 0.170. The summed E-state index contributed by atoms with van der Waals surface area (Å²) < 4.78 is 12.1. The summed E-state index contributed by atoms with van der Waals surface area (Å²) in [6.45, 7) is 1.69. The Morgan fingerprint density at radius 1 is 0.426 bits per heavy atom. The van der Waals surface area contributed by atoms with Crippen molar-refractivity contribution in [2.24, 2.45) is 0 Å². The molecule has 47 heavy (non-hydrogen) atoms. The van der Waals surface area contributed by atoms with Gasteiger partial charge in [0.15, 0.2) is 0 Å². The number of para-hydroxylation sites is 6. The van der Waals surface area contributed by atoms with Gasteiger partial charge in [-0.2, -0.15) is 0 Å². The van der Waals surface area contributed by atoms with Crippen molar-refractivity contribution in [2.75, 3.05) is 39.6 Å². The number of furan rings is 2. The zero-order valence-electron chi connectivity index (χ0n) is 25.2. The summed E-state index contributed by atoms with van der Waals surface area (Å²) in [5.74, 6) is 0.340. The van der Waals surface area contributed by atoms with Crippen LogP contribution in [-0.2, 0) is 0 Å². The summed E-state index contributed by atoms with van der Waals surface area (Å²) in [4.78, 5) is 8.96. The lowest BCUT2D eigenvalue weighted by Gasteiger charge is -2.29. The lowest BCUT2D eigenvalue weighted by Crippen LogP contribution is -2.40. The van der Waals surface area contributed by atoms with Crippen LogP contribution in [0.25, 0.3) is 43.9 Å². The van der Waals surface area contributed by atoms with Gasteiger partial charge in [-0.25, -0.2) is 0 Å². The Hall–Kier alpha value is -6.28. The summed E-state index contributed by atoms with van der Waals surface area (Å²) in [5.41, 5.74) is 8.58. The van der Waals surface area contributed by atoms with Crippen LogP contribution < -0.4 is 19.6 Å². The summed E-state index contributed by atoms with van der Waals surface area (Å²) >= 11 is 0. The number of hydrogen-bond donors (Lipinski definition) is 2. The van der Waals surface area contributed by atoms with Crippen LogP contribution in [0.15, 0.2) is 130 Å². The molecule has 6 aromatic carbocycles. The van der Waals surface area contributed by atoms with Crippen LogP contribution in [0.2, 0.25) is 0 Å². The van der Waals surface area contributed by atoms with Crippen LogP contribution >= 0.6 is 0 Å². The zero-order chi connectivity index (χ0) is 31.2. The number of fused-ring (bicyclic) bond motifs is 8. The Morgan fingerprint density at radius 3 is 1.30 bits per heavy atom. The topological polar surface area (TPSA) is 79.7 Å². The predicted octanol–water partition coefficient (Wildman–Crippen LogP) is 9.39. The van der Waals surface area contributed by atoms with Crippen molar-refractivity contribution in [1.82, 2.24) is 0 Å². The van der Waals surface area contributed by atoms with E-state index in [1.165, 1.54) is 0 Å². The van der Waals surface area contributed by atoms with Gasteiger partial charge in [-0.1, -0.05) is 60.7 Å². The molecule has 0 fully saturated rings. The second-order valence-electron chi connectivity index (χ2n) is 12.2. The smallest absolute Gasteiger partial charge is 0.143 e. The van der Waals surface area contributed by atoms with E-state index in [0.717, 1.165) is 66.8 Å². The third-order valence-electron chi connectivity index (χ3n) is 9.52. The molecule has 8 nitrogen and oxygen atoms in total. The number of rotatable bonds is 4. The summed E-state index contributed by atoms with van der Waals surface area (Å²) in [7, 11) is 0. The van der Waals surface area contributed by atoms with Gasteiger partial charge >= 0.3 is 0 Å². The highest BCUT2D eigenvalue weighted by Gasteiger charge is 2.34. The number of benzene rings is 6. The average Bonchev–Trinajstić information content (AvgIpc) is 3.84. The molecule has 10 rings (SSSR count). The van der Waals surface area contributed by atoms with E-state index in [2.05, 4.69) is 56.0 Å². The Kier molecular flexibility index (Phi) is 5.31. The number of aromatic hydroxyl groups is 2. The molecule has 8 heteroatoms. The molecule has 2 aliphatic rings. The predicted molar refractivity (Wildman–Crippen MR) is 187 cm³/mol. The van der Waals surface area contributed by atoms with Gasteiger partial charge < -0.3 is 38.6 Å². The quantitative estimate of drug-likeness (QED) is 0.203. The zero-order valence-corrected chi connectivity index (χ0v) is 25.2. The number of hydrogen-bond acceptors (Lipinski definition) is 8. The molecular weight excluding hydrogens is 588 g/mol. The molecule has 0 spiro atoms. The van der Waals surface area contributed by atoms with Gasteiger partial charge in [0.25, 0.3) is 0 Å². The van der Waals surface area contributed by atoms with E-state index in [4.69, 9.17) is 8.83 Å². The first-order valence-corrected chi connectivity index (χ1v) is 15.6. The van der Waals surface area contributed by atoms with Crippen LogP contribution in [0, 0.1) is 0 Å². The molecule has 2 N–H and O–H groups in total. The van der Waals surface area contributed by atoms with Gasteiger partial charge in [-0.15, -0.1) is 0 Å². The molecule has 2 aromatic heterocycles. The lowest BCUT2D eigenvalue weighted by molar-refractivity contribution is 0.475. The molecule has 0 bridgehead atoms. The fraction of sp³-hybridized carbons (Fsp3) is 0.0769. The molecule has 0 saturated carbocycles. The van der Waals surface area contributed by atoms with Crippen LogP contribution in [0.1, 0.15) is 0 Å².